The van der Waals surface area contributed by atoms with Crippen LogP contribution in [0.2, 0.25) is 0 Å². The monoisotopic (exact) mass is 373 g/mol. The van der Waals surface area contributed by atoms with Crippen molar-refractivity contribution < 1.29 is 19.0 Å². The van der Waals surface area contributed by atoms with Crippen molar-refractivity contribution in [3.05, 3.63) is 53.6 Å². The number of carbonyl (C=O) groups is 1. The van der Waals surface area contributed by atoms with E-state index in [1.807, 2.05) is 54.3 Å². The molecular weight excluding hydrogens is 350 g/mol. The molecule has 1 fully saturated rings. The quantitative estimate of drug-likeness (QED) is 0.737. The van der Waals surface area contributed by atoms with E-state index < -0.39 is 0 Å². The smallest absolute Gasteiger partial charge is 0.234 e. The fourth-order valence-corrected chi connectivity index (χ4v) is 4.15. The molecule has 0 aromatic heterocycles. The average Bonchev–Trinajstić information content (AvgIpc) is 3.03. The highest BCUT2D eigenvalue weighted by molar-refractivity contribution is 8.00. The Labute approximate surface area is 158 Å². The zero-order valence-electron chi connectivity index (χ0n) is 15.2. The molecule has 3 rings (SSSR count). The Morgan fingerprint density at radius 1 is 1.08 bits per heavy atom. The summed E-state index contributed by atoms with van der Waals surface area (Å²) < 4.78 is 16.2. The van der Waals surface area contributed by atoms with Crippen molar-refractivity contribution in [2.75, 3.05) is 26.6 Å². The first-order chi connectivity index (χ1) is 12.7. The van der Waals surface area contributed by atoms with Gasteiger partial charge in [-0.2, -0.15) is 0 Å². The van der Waals surface area contributed by atoms with Gasteiger partial charge in [0.2, 0.25) is 5.91 Å². The molecule has 0 N–H and O–H groups in total. The van der Waals surface area contributed by atoms with Crippen LogP contribution in [0.3, 0.4) is 0 Å². The molecule has 0 aliphatic carbocycles. The second kappa shape index (κ2) is 8.36. The highest BCUT2D eigenvalue weighted by Gasteiger charge is 2.33. The molecule has 1 saturated heterocycles. The van der Waals surface area contributed by atoms with Gasteiger partial charge in [0.25, 0.3) is 0 Å². The summed E-state index contributed by atoms with van der Waals surface area (Å²) >= 11 is 1.64. The Morgan fingerprint density at radius 3 is 2.46 bits per heavy atom. The van der Waals surface area contributed by atoms with Crippen molar-refractivity contribution >= 4 is 17.7 Å². The van der Waals surface area contributed by atoms with Crippen molar-refractivity contribution in [1.29, 1.82) is 0 Å². The largest absolute Gasteiger partial charge is 0.497 e. The molecule has 6 heteroatoms. The molecule has 0 saturated carbocycles. The Balaban J connectivity index is 1.82. The summed E-state index contributed by atoms with van der Waals surface area (Å²) in [5.41, 5.74) is 2.05. The minimum absolute atomic E-state index is 0.00927. The molecule has 138 valence electrons. The average molecular weight is 373 g/mol. The van der Waals surface area contributed by atoms with Crippen molar-refractivity contribution in [3.63, 3.8) is 0 Å². The summed E-state index contributed by atoms with van der Waals surface area (Å²) in [4.78, 5) is 14.4. The third-order valence-corrected chi connectivity index (χ3v) is 5.54. The van der Waals surface area contributed by atoms with Crippen molar-refractivity contribution in [1.82, 2.24) is 4.90 Å². The zero-order chi connectivity index (χ0) is 18.5. The van der Waals surface area contributed by atoms with Crippen molar-refractivity contribution in [2.45, 2.75) is 18.8 Å². The Hall–Kier alpha value is -2.34. The topological polar surface area (TPSA) is 48.0 Å². The lowest BCUT2D eigenvalue weighted by Gasteiger charge is -2.25. The summed E-state index contributed by atoms with van der Waals surface area (Å²) in [5.74, 6) is 2.91. The molecule has 1 heterocycles. The number of rotatable bonds is 7. The van der Waals surface area contributed by atoms with Gasteiger partial charge in [-0.25, -0.2) is 0 Å². The number of hydrogen-bond donors (Lipinski definition) is 0. The maximum atomic E-state index is 12.5. The third kappa shape index (κ3) is 3.90. The number of carbonyl (C=O) groups excluding carboxylic acids is 1. The second-order valence-electron chi connectivity index (χ2n) is 5.86. The minimum Gasteiger partial charge on any atom is -0.497 e. The number of nitrogens with zero attached hydrogens (tertiary/aromatic N) is 1. The Morgan fingerprint density at radius 2 is 1.81 bits per heavy atom. The van der Waals surface area contributed by atoms with Crippen LogP contribution in [0.5, 0.6) is 17.2 Å². The van der Waals surface area contributed by atoms with Crippen LogP contribution in [0.15, 0.2) is 42.5 Å². The molecule has 1 amide bonds. The number of methoxy groups -OCH3 is 2. The summed E-state index contributed by atoms with van der Waals surface area (Å²) in [6.45, 7) is 3.10. The molecular formula is C20H23NO4S. The van der Waals surface area contributed by atoms with Gasteiger partial charge in [-0.3, -0.25) is 4.79 Å². The first-order valence-electron chi connectivity index (χ1n) is 8.51. The summed E-state index contributed by atoms with van der Waals surface area (Å²) in [6.07, 6.45) is 0. The molecule has 5 nitrogen and oxygen atoms in total. The normalized spacial score (nSPS) is 16.7. The van der Waals surface area contributed by atoms with E-state index in [2.05, 4.69) is 0 Å². The van der Waals surface area contributed by atoms with Gasteiger partial charge in [-0.05, 0) is 36.8 Å². The van der Waals surface area contributed by atoms with Gasteiger partial charge in [0, 0.05) is 11.6 Å². The van der Waals surface area contributed by atoms with Crippen molar-refractivity contribution in [3.8, 4) is 17.2 Å². The number of ether oxygens (including phenoxy) is 3. The number of benzene rings is 2. The van der Waals surface area contributed by atoms with Gasteiger partial charge in [-0.15, -0.1) is 11.8 Å². The van der Waals surface area contributed by atoms with Crippen LogP contribution in [0.4, 0.5) is 0 Å². The molecule has 0 bridgehead atoms. The van der Waals surface area contributed by atoms with E-state index in [-0.39, 0.29) is 11.3 Å². The first kappa shape index (κ1) is 18.5. The van der Waals surface area contributed by atoms with Gasteiger partial charge in [0.15, 0.2) is 0 Å². The van der Waals surface area contributed by atoms with Crippen LogP contribution >= 0.6 is 11.8 Å². The predicted molar refractivity (Wildman–Crippen MR) is 103 cm³/mol. The summed E-state index contributed by atoms with van der Waals surface area (Å²) in [6, 6.07) is 13.6. The van der Waals surface area contributed by atoms with Gasteiger partial charge in [-0.1, -0.05) is 12.1 Å². The maximum Gasteiger partial charge on any atom is 0.234 e. The predicted octanol–water partition coefficient (Wildman–Crippen LogP) is 3.88. The van der Waals surface area contributed by atoms with E-state index in [0.29, 0.717) is 18.9 Å². The van der Waals surface area contributed by atoms with E-state index in [4.69, 9.17) is 14.2 Å². The molecule has 1 unspecified atom stereocenters. The van der Waals surface area contributed by atoms with Gasteiger partial charge >= 0.3 is 0 Å². The molecule has 1 atom stereocenters. The fraction of sp³-hybridized carbons (Fsp3) is 0.350. The summed E-state index contributed by atoms with van der Waals surface area (Å²) in [5, 5.41) is -0.00927. The lowest BCUT2D eigenvalue weighted by atomic mass is 10.1. The fourth-order valence-electron chi connectivity index (χ4n) is 2.96. The molecule has 2 aromatic rings. The van der Waals surface area contributed by atoms with Crippen LogP contribution in [0, 0.1) is 0 Å². The first-order valence-corrected chi connectivity index (χ1v) is 9.56. The zero-order valence-corrected chi connectivity index (χ0v) is 16.0. The van der Waals surface area contributed by atoms with Gasteiger partial charge in [0.1, 0.15) is 22.6 Å². The number of hydrogen-bond acceptors (Lipinski definition) is 5. The van der Waals surface area contributed by atoms with Crippen LogP contribution in [-0.2, 0) is 11.3 Å². The van der Waals surface area contributed by atoms with Crippen molar-refractivity contribution in [2.24, 2.45) is 0 Å². The molecule has 26 heavy (non-hydrogen) atoms. The third-order valence-electron chi connectivity index (χ3n) is 4.28. The van der Waals surface area contributed by atoms with Crippen LogP contribution in [0.25, 0.3) is 0 Å². The van der Waals surface area contributed by atoms with Gasteiger partial charge in [0.05, 0.1) is 33.1 Å². The van der Waals surface area contributed by atoms with Gasteiger partial charge < -0.3 is 19.1 Å². The van der Waals surface area contributed by atoms with E-state index in [1.165, 1.54) is 0 Å². The van der Waals surface area contributed by atoms with E-state index in [0.717, 1.165) is 28.4 Å². The van der Waals surface area contributed by atoms with Crippen LogP contribution in [-0.4, -0.2) is 37.4 Å². The van der Waals surface area contributed by atoms with Crippen LogP contribution < -0.4 is 14.2 Å². The highest BCUT2D eigenvalue weighted by atomic mass is 32.2. The maximum absolute atomic E-state index is 12.5. The molecule has 0 spiro atoms. The number of thioether (sulfide) groups is 1. The molecule has 0 radical (unpaired) electrons. The van der Waals surface area contributed by atoms with E-state index in [1.54, 1.807) is 26.0 Å². The minimum atomic E-state index is -0.00927. The van der Waals surface area contributed by atoms with Crippen LogP contribution in [0.1, 0.15) is 23.4 Å². The molecule has 2 aromatic carbocycles. The Bertz CT molecular complexity index is 763. The lowest BCUT2D eigenvalue weighted by Crippen LogP contribution is -2.27. The second-order valence-corrected chi connectivity index (χ2v) is 6.93. The van der Waals surface area contributed by atoms with E-state index >= 15 is 0 Å². The highest BCUT2D eigenvalue weighted by Crippen LogP contribution is 2.41. The SMILES string of the molecule is CCOc1ccc(C2SCC(=O)N2Cc2ccc(OC)cc2OC)cc1. The lowest BCUT2D eigenvalue weighted by molar-refractivity contribution is -0.128. The Kier molecular flexibility index (Phi) is 5.93. The number of amides is 1. The molecule has 1 aliphatic heterocycles. The summed E-state index contributed by atoms with van der Waals surface area (Å²) in [7, 11) is 3.25. The van der Waals surface area contributed by atoms with E-state index in [9.17, 15) is 4.79 Å². The molecule has 1 aliphatic rings. The standard InChI is InChI=1S/C20H23NO4S/c1-4-25-16-8-5-14(6-9-16)20-21(19(22)13-26-20)12-15-7-10-17(23-2)11-18(15)24-3/h5-11,20H,4,12-13H2,1-3H3.